The Morgan fingerprint density at radius 1 is 1.43 bits per heavy atom. The van der Waals surface area contributed by atoms with Gasteiger partial charge in [0.05, 0.1) is 5.69 Å². The largest absolute Gasteiger partial charge is 0.313 e. The molecule has 0 atom stereocenters. The second kappa shape index (κ2) is 3.35. The monoisotopic (exact) mass is 257 g/mol. The van der Waals surface area contributed by atoms with Gasteiger partial charge in [-0.2, -0.15) is 0 Å². The van der Waals surface area contributed by atoms with Crippen LogP contribution in [0.15, 0.2) is 16.6 Å². The van der Waals surface area contributed by atoms with Gasteiger partial charge in [0.15, 0.2) is 0 Å². The molecule has 0 saturated carbocycles. The molecule has 1 aliphatic heterocycles. The molecule has 0 bridgehead atoms. The molecule has 1 amide bonds. The van der Waals surface area contributed by atoms with Crippen molar-refractivity contribution in [1.82, 2.24) is 0 Å². The van der Waals surface area contributed by atoms with Gasteiger partial charge in [-0.05, 0) is 24.1 Å². The third kappa shape index (κ3) is 1.34. The molecule has 2 rings (SSSR count). The van der Waals surface area contributed by atoms with Crippen LogP contribution in [0.2, 0.25) is 0 Å². The number of carbonyl (C=O) groups excluding carboxylic acids is 1. The summed E-state index contributed by atoms with van der Waals surface area (Å²) in [5.74, 6) is -0.367. The standard InChI is InChI=1S/C10H9BrFNO/c1-13-9(14)5-2-6-7(11)3-4-8(12)10(6)13/h3-4H,2,5H2,1H3. The second-order valence-corrected chi connectivity index (χ2v) is 4.16. The number of benzene rings is 1. The summed E-state index contributed by atoms with van der Waals surface area (Å²) in [6, 6.07) is 3.05. The smallest absolute Gasteiger partial charge is 0.227 e. The Bertz CT molecular complexity index is 405. The highest BCUT2D eigenvalue weighted by Gasteiger charge is 2.25. The number of amides is 1. The van der Waals surface area contributed by atoms with Gasteiger partial charge in [-0.25, -0.2) is 4.39 Å². The SMILES string of the molecule is CN1C(=O)CCc2c(Br)ccc(F)c21. The molecule has 4 heteroatoms. The van der Waals surface area contributed by atoms with E-state index in [1.807, 2.05) is 0 Å². The highest BCUT2D eigenvalue weighted by atomic mass is 79.9. The van der Waals surface area contributed by atoms with Crippen molar-refractivity contribution in [3.8, 4) is 0 Å². The highest BCUT2D eigenvalue weighted by molar-refractivity contribution is 9.10. The number of hydrogen-bond acceptors (Lipinski definition) is 1. The van der Waals surface area contributed by atoms with E-state index in [0.717, 1.165) is 10.0 Å². The summed E-state index contributed by atoms with van der Waals surface area (Å²) in [7, 11) is 1.61. The van der Waals surface area contributed by atoms with Crippen LogP contribution in [0.5, 0.6) is 0 Å². The summed E-state index contributed by atoms with van der Waals surface area (Å²) in [6.45, 7) is 0. The fraction of sp³-hybridized carbons (Fsp3) is 0.300. The number of carbonyl (C=O) groups is 1. The van der Waals surface area contributed by atoms with Crippen LogP contribution < -0.4 is 4.90 Å². The molecule has 0 saturated heterocycles. The zero-order valence-electron chi connectivity index (χ0n) is 7.68. The van der Waals surface area contributed by atoms with Crippen molar-refractivity contribution >= 4 is 27.5 Å². The van der Waals surface area contributed by atoms with E-state index < -0.39 is 0 Å². The Labute approximate surface area is 89.8 Å². The van der Waals surface area contributed by atoms with Gasteiger partial charge in [-0.15, -0.1) is 0 Å². The average Bonchev–Trinajstić information content (AvgIpc) is 2.16. The molecular weight excluding hydrogens is 249 g/mol. The Morgan fingerprint density at radius 2 is 2.14 bits per heavy atom. The molecule has 1 aromatic rings. The van der Waals surface area contributed by atoms with Crippen molar-refractivity contribution in [3.05, 3.63) is 28.0 Å². The van der Waals surface area contributed by atoms with Gasteiger partial charge in [0, 0.05) is 17.9 Å². The number of anilines is 1. The predicted molar refractivity (Wildman–Crippen MR) is 55.8 cm³/mol. The van der Waals surface area contributed by atoms with E-state index in [0.29, 0.717) is 18.5 Å². The summed E-state index contributed by atoms with van der Waals surface area (Å²) in [6.07, 6.45) is 1.06. The first-order chi connectivity index (χ1) is 6.61. The molecule has 2 nitrogen and oxygen atoms in total. The Kier molecular flexibility index (Phi) is 2.31. The van der Waals surface area contributed by atoms with Crippen molar-refractivity contribution in [3.63, 3.8) is 0 Å². The highest BCUT2D eigenvalue weighted by Crippen LogP contribution is 2.34. The summed E-state index contributed by atoms with van der Waals surface area (Å²) in [5, 5.41) is 0. The molecule has 0 spiro atoms. The molecular formula is C10H9BrFNO. The zero-order valence-corrected chi connectivity index (χ0v) is 9.27. The Balaban J connectivity index is 2.64. The predicted octanol–water partition coefficient (Wildman–Crippen LogP) is 2.50. The first kappa shape index (κ1) is 9.65. The maximum Gasteiger partial charge on any atom is 0.227 e. The molecule has 0 radical (unpaired) electrons. The zero-order chi connectivity index (χ0) is 10.3. The van der Waals surface area contributed by atoms with Gasteiger partial charge in [-0.1, -0.05) is 15.9 Å². The van der Waals surface area contributed by atoms with E-state index in [2.05, 4.69) is 15.9 Å². The lowest BCUT2D eigenvalue weighted by Crippen LogP contribution is -2.32. The van der Waals surface area contributed by atoms with Crippen LogP contribution in [0.25, 0.3) is 0 Å². The van der Waals surface area contributed by atoms with Crippen LogP contribution in [0, 0.1) is 5.82 Å². The van der Waals surface area contributed by atoms with E-state index in [9.17, 15) is 9.18 Å². The van der Waals surface area contributed by atoms with Crippen molar-refractivity contribution in [2.75, 3.05) is 11.9 Å². The minimum absolute atomic E-state index is 0.0329. The third-order valence-electron chi connectivity index (χ3n) is 2.47. The van der Waals surface area contributed by atoms with Crippen molar-refractivity contribution in [1.29, 1.82) is 0 Å². The Hall–Kier alpha value is -0.900. The molecule has 0 aromatic heterocycles. The number of halogens is 2. The van der Waals surface area contributed by atoms with E-state index >= 15 is 0 Å². The lowest BCUT2D eigenvalue weighted by molar-refractivity contribution is -0.118. The summed E-state index contributed by atoms with van der Waals surface area (Å²) in [5.41, 5.74) is 1.29. The Morgan fingerprint density at radius 3 is 2.86 bits per heavy atom. The van der Waals surface area contributed by atoms with E-state index in [1.165, 1.54) is 11.0 Å². The van der Waals surface area contributed by atoms with Gasteiger partial charge in [-0.3, -0.25) is 4.79 Å². The normalized spacial score (nSPS) is 15.6. The molecule has 74 valence electrons. The summed E-state index contributed by atoms with van der Waals surface area (Å²) >= 11 is 3.36. The quantitative estimate of drug-likeness (QED) is 0.700. The number of hydrogen-bond donors (Lipinski definition) is 0. The minimum Gasteiger partial charge on any atom is -0.313 e. The molecule has 0 aliphatic carbocycles. The summed E-state index contributed by atoms with van der Waals surface area (Å²) < 4.78 is 14.3. The van der Waals surface area contributed by atoms with Crippen LogP contribution in [0.4, 0.5) is 10.1 Å². The van der Waals surface area contributed by atoms with Crippen molar-refractivity contribution in [2.24, 2.45) is 0 Å². The van der Waals surface area contributed by atoms with Crippen LogP contribution in [0.3, 0.4) is 0 Å². The third-order valence-corrected chi connectivity index (χ3v) is 3.22. The molecule has 0 N–H and O–H groups in total. The molecule has 14 heavy (non-hydrogen) atoms. The van der Waals surface area contributed by atoms with Crippen LogP contribution >= 0.6 is 15.9 Å². The molecule has 1 aromatic carbocycles. The first-order valence-corrected chi connectivity index (χ1v) is 5.14. The van der Waals surface area contributed by atoms with E-state index in [1.54, 1.807) is 13.1 Å². The number of fused-ring (bicyclic) bond motifs is 1. The molecule has 0 fully saturated rings. The summed E-state index contributed by atoms with van der Waals surface area (Å²) in [4.78, 5) is 12.8. The molecule has 1 aliphatic rings. The maximum atomic E-state index is 13.5. The average molecular weight is 258 g/mol. The lowest BCUT2D eigenvalue weighted by atomic mass is 10.0. The van der Waals surface area contributed by atoms with Crippen LogP contribution in [-0.4, -0.2) is 13.0 Å². The molecule has 0 unspecified atom stereocenters. The maximum absolute atomic E-state index is 13.5. The second-order valence-electron chi connectivity index (χ2n) is 3.31. The van der Waals surface area contributed by atoms with Gasteiger partial charge < -0.3 is 4.90 Å². The lowest BCUT2D eigenvalue weighted by Gasteiger charge is -2.26. The number of nitrogens with zero attached hydrogens (tertiary/aromatic N) is 1. The van der Waals surface area contributed by atoms with Gasteiger partial charge in [0.1, 0.15) is 5.82 Å². The van der Waals surface area contributed by atoms with E-state index in [-0.39, 0.29) is 11.7 Å². The van der Waals surface area contributed by atoms with Crippen LogP contribution in [-0.2, 0) is 11.2 Å². The van der Waals surface area contributed by atoms with Gasteiger partial charge in [0.2, 0.25) is 5.91 Å². The first-order valence-electron chi connectivity index (χ1n) is 4.34. The fourth-order valence-corrected chi connectivity index (χ4v) is 2.23. The minimum atomic E-state index is -0.334. The number of rotatable bonds is 0. The fourth-order valence-electron chi connectivity index (χ4n) is 1.71. The van der Waals surface area contributed by atoms with Crippen LogP contribution in [0.1, 0.15) is 12.0 Å². The van der Waals surface area contributed by atoms with Crippen molar-refractivity contribution in [2.45, 2.75) is 12.8 Å². The topological polar surface area (TPSA) is 20.3 Å². The van der Waals surface area contributed by atoms with Gasteiger partial charge in [0.25, 0.3) is 0 Å². The van der Waals surface area contributed by atoms with E-state index in [4.69, 9.17) is 0 Å². The van der Waals surface area contributed by atoms with Crippen molar-refractivity contribution < 1.29 is 9.18 Å². The molecule has 1 heterocycles. The van der Waals surface area contributed by atoms with Gasteiger partial charge >= 0.3 is 0 Å².